The summed E-state index contributed by atoms with van der Waals surface area (Å²) in [6.45, 7) is 0.320. The molecule has 0 aromatic heterocycles. The summed E-state index contributed by atoms with van der Waals surface area (Å²) in [5, 5.41) is 14.8. The monoisotopic (exact) mass is 374 g/mol. The molecule has 0 spiro atoms. The molecule has 1 amide bonds. The van der Waals surface area contributed by atoms with Crippen molar-refractivity contribution < 1.29 is 24.2 Å². The van der Waals surface area contributed by atoms with Crippen molar-refractivity contribution in [3.05, 3.63) is 59.7 Å². The van der Waals surface area contributed by atoms with Crippen LogP contribution in [0.15, 0.2) is 48.5 Å². The first-order valence-electron chi connectivity index (χ1n) is 7.69. The number of rotatable bonds is 7. The molecule has 0 heterocycles. The number of benzene rings is 2. The minimum absolute atomic E-state index is 0.0531. The Balaban J connectivity index is 1.76. The fourth-order valence-electron chi connectivity index (χ4n) is 2.10. The highest BCUT2D eigenvalue weighted by Crippen LogP contribution is 2.15. The van der Waals surface area contributed by atoms with Gasteiger partial charge in [0.05, 0.1) is 24.8 Å². The molecule has 7 nitrogen and oxygen atoms in total. The van der Waals surface area contributed by atoms with E-state index in [1.54, 1.807) is 43.5 Å². The number of carboxylic acid groups (broad SMARTS) is 1. The van der Waals surface area contributed by atoms with E-state index in [4.69, 9.17) is 26.8 Å². The van der Waals surface area contributed by atoms with Gasteiger partial charge in [0.2, 0.25) is 0 Å². The number of nitrogens with one attached hydrogen (secondary N) is 2. The molecule has 0 atom stereocenters. The Kier molecular flexibility index (Phi) is 6.92. The van der Waals surface area contributed by atoms with E-state index >= 15 is 0 Å². The molecule has 8 heteroatoms. The molecule has 0 aliphatic carbocycles. The van der Waals surface area contributed by atoms with E-state index in [9.17, 15) is 9.59 Å². The second-order valence-corrected chi connectivity index (χ2v) is 5.47. The number of anilines is 1. The summed E-state index contributed by atoms with van der Waals surface area (Å²) in [5.74, 6) is -0.913. The minimum Gasteiger partial charge on any atom is -0.497 e. The number of aromatic carboxylic acids is 1. The summed E-state index contributed by atoms with van der Waals surface area (Å²) in [5.41, 5.74) is 0.789. The van der Waals surface area contributed by atoms with Crippen LogP contribution in [0.2, 0.25) is 0 Å². The van der Waals surface area contributed by atoms with Crippen LogP contribution >= 0.6 is 12.2 Å². The van der Waals surface area contributed by atoms with Crippen LogP contribution in [-0.2, 0) is 4.74 Å². The maximum Gasteiger partial charge on any atom is 0.336 e. The number of hydrogen-bond acceptors (Lipinski definition) is 5. The van der Waals surface area contributed by atoms with E-state index in [-0.39, 0.29) is 29.5 Å². The topological polar surface area (TPSA) is 96.9 Å². The summed E-state index contributed by atoms with van der Waals surface area (Å²) in [6.07, 6.45) is 0. The molecule has 0 unspecified atom stereocenters. The van der Waals surface area contributed by atoms with Gasteiger partial charge in [-0.25, -0.2) is 4.79 Å². The van der Waals surface area contributed by atoms with Gasteiger partial charge in [-0.15, -0.1) is 0 Å². The first-order valence-corrected chi connectivity index (χ1v) is 8.10. The van der Waals surface area contributed by atoms with Gasteiger partial charge in [-0.1, -0.05) is 12.1 Å². The predicted octanol–water partition coefficient (Wildman–Crippen LogP) is 2.54. The zero-order chi connectivity index (χ0) is 18.9. The lowest BCUT2D eigenvalue weighted by Crippen LogP contribution is -2.30. The molecule has 0 saturated carbocycles. The fraction of sp³-hybridized carbons (Fsp3) is 0.167. The molecule has 26 heavy (non-hydrogen) atoms. The molecule has 136 valence electrons. The summed E-state index contributed by atoms with van der Waals surface area (Å²) in [4.78, 5) is 23.2. The Morgan fingerprint density at radius 1 is 1.08 bits per heavy atom. The van der Waals surface area contributed by atoms with Crippen molar-refractivity contribution in [2.24, 2.45) is 0 Å². The first-order chi connectivity index (χ1) is 12.5. The molecular formula is C18H18N2O5S. The highest BCUT2D eigenvalue weighted by atomic mass is 32.1. The fourth-order valence-corrected chi connectivity index (χ4v) is 2.30. The van der Waals surface area contributed by atoms with Crippen LogP contribution in [-0.4, -0.2) is 42.4 Å². The van der Waals surface area contributed by atoms with Gasteiger partial charge in [-0.3, -0.25) is 4.79 Å². The normalized spacial score (nSPS) is 9.88. The van der Waals surface area contributed by atoms with Crippen LogP contribution < -0.4 is 15.4 Å². The Morgan fingerprint density at radius 2 is 1.73 bits per heavy atom. The quantitative estimate of drug-likeness (QED) is 0.506. The van der Waals surface area contributed by atoms with Crippen molar-refractivity contribution in [1.82, 2.24) is 5.32 Å². The molecule has 0 radical (unpaired) electrons. The van der Waals surface area contributed by atoms with E-state index in [1.165, 1.54) is 12.1 Å². The molecule has 2 aromatic rings. The Bertz CT molecular complexity index is 792. The van der Waals surface area contributed by atoms with Gasteiger partial charge < -0.3 is 25.2 Å². The van der Waals surface area contributed by atoms with Gasteiger partial charge in [-0.2, -0.15) is 0 Å². The van der Waals surface area contributed by atoms with Crippen molar-refractivity contribution in [3.63, 3.8) is 0 Å². The minimum atomic E-state index is -1.16. The lowest BCUT2D eigenvalue weighted by Gasteiger charge is -2.11. The van der Waals surface area contributed by atoms with Gasteiger partial charge in [0.15, 0.2) is 0 Å². The molecular weight excluding hydrogens is 356 g/mol. The second-order valence-electron chi connectivity index (χ2n) is 5.10. The lowest BCUT2D eigenvalue weighted by atomic mass is 10.1. The van der Waals surface area contributed by atoms with Crippen LogP contribution in [0, 0.1) is 0 Å². The van der Waals surface area contributed by atoms with E-state index in [0.29, 0.717) is 0 Å². The first kappa shape index (κ1) is 19.2. The van der Waals surface area contributed by atoms with E-state index in [1.807, 2.05) is 0 Å². The van der Waals surface area contributed by atoms with Crippen molar-refractivity contribution in [1.29, 1.82) is 0 Å². The number of methoxy groups -OCH3 is 1. The van der Waals surface area contributed by atoms with E-state index in [0.717, 1.165) is 11.4 Å². The molecule has 0 fully saturated rings. The van der Waals surface area contributed by atoms with Gasteiger partial charge in [0, 0.05) is 5.69 Å². The van der Waals surface area contributed by atoms with Gasteiger partial charge >= 0.3 is 5.97 Å². The maximum atomic E-state index is 12.1. The smallest absolute Gasteiger partial charge is 0.336 e. The van der Waals surface area contributed by atoms with Crippen LogP contribution in [0.3, 0.4) is 0 Å². The number of carboxylic acids is 1. The van der Waals surface area contributed by atoms with Crippen molar-refractivity contribution >= 4 is 35.0 Å². The standard InChI is InChI=1S/C18H18N2O5S/c1-24-13-8-6-12(7-9-13)20-18(26)25-11-10-19-16(21)14-4-2-3-5-15(14)17(22)23/h2-9H,10-11H2,1H3,(H,19,21)(H,20,26)(H,22,23). The lowest BCUT2D eigenvalue weighted by molar-refractivity contribution is 0.0691. The zero-order valence-corrected chi connectivity index (χ0v) is 14.8. The Labute approximate surface area is 155 Å². The highest BCUT2D eigenvalue weighted by molar-refractivity contribution is 7.80. The average Bonchev–Trinajstić information content (AvgIpc) is 2.65. The third kappa shape index (κ3) is 5.45. The summed E-state index contributed by atoms with van der Waals surface area (Å²) in [7, 11) is 1.58. The van der Waals surface area contributed by atoms with Gasteiger partial charge in [-0.05, 0) is 48.6 Å². The Morgan fingerprint density at radius 3 is 2.35 bits per heavy atom. The Hall–Kier alpha value is -3.13. The average molecular weight is 374 g/mol. The number of carbonyl (C=O) groups is 2. The van der Waals surface area contributed by atoms with Gasteiger partial charge in [0.1, 0.15) is 12.4 Å². The molecule has 0 bridgehead atoms. The summed E-state index contributed by atoms with van der Waals surface area (Å²) < 4.78 is 10.4. The number of hydrogen-bond donors (Lipinski definition) is 3. The maximum absolute atomic E-state index is 12.1. The molecule has 0 aliphatic heterocycles. The number of amides is 1. The van der Waals surface area contributed by atoms with Crippen molar-refractivity contribution in [2.75, 3.05) is 25.6 Å². The molecule has 2 aromatic carbocycles. The number of carbonyl (C=O) groups excluding carboxylic acids is 1. The third-order valence-corrected chi connectivity index (χ3v) is 3.58. The molecule has 3 N–H and O–H groups in total. The van der Waals surface area contributed by atoms with Crippen LogP contribution in [0.1, 0.15) is 20.7 Å². The molecule has 0 saturated heterocycles. The number of thiocarbonyl (C=S) groups is 1. The summed E-state index contributed by atoms with van der Waals surface area (Å²) in [6, 6.07) is 13.1. The third-order valence-electron chi connectivity index (χ3n) is 3.36. The van der Waals surface area contributed by atoms with E-state index < -0.39 is 11.9 Å². The molecule has 2 rings (SSSR count). The number of ether oxygens (including phenoxy) is 2. The van der Waals surface area contributed by atoms with Crippen molar-refractivity contribution in [2.45, 2.75) is 0 Å². The van der Waals surface area contributed by atoms with Crippen LogP contribution in [0.4, 0.5) is 5.69 Å². The van der Waals surface area contributed by atoms with Gasteiger partial charge in [0.25, 0.3) is 11.1 Å². The largest absolute Gasteiger partial charge is 0.497 e. The van der Waals surface area contributed by atoms with Crippen LogP contribution in [0.25, 0.3) is 0 Å². The SMILES string of the molecule is COc1ccc(NC(=S)OCCNC(=O)c2ccccc2C(=O)O)cc1. The van der Waals surface area contributed by atoms with Crippen LogP contribution in [0.5, 0.6) is 5.75 Å². The second kappa shape index (κ2) is 9.38. The zero-order valence-electron chi connectivity index (χ0n) is 14.0. The summed E-state index contributed by atoms with van der Waals surface area (Å²) >= 11 is 5.07. The predicted molar refractivity (Wildman–Crippen MR) is 101 cm³/mol. The van der Waals surface area contributed by atoms with Crippen molar-refractivity contribution in [3.8, 4) is 5.75 Å². The highest BCUT2D eigenvalue weighted by Gasteiger charge is 2.15. The van der Waals surface area contributed by atoms with E-state index in [2.05, 4.69) is 10.6 Å². The molecule has 0 aliphatic rings.